The second-order valence-corrected chi connectivity index (χ2v) is 4.93. The molecule has 110 valence electrons. The van der Waals surface area contributed by atoms with Crippen molar-refractivity contribution in [2.24, 2.45) is 0 Å². The molecule has 3 rings (SSSR count). The molecule has 5 heteroatoms. The lowest BCUT2D eigenvalue weighted by Gasteiger charge is -2.02. The lowest BCUT2D eigenvalue weighted by atomic mass is 10.0. The Morgan fingerprint density at radius 1 is 1.09 bits per heavy atom. The van der Waals surface area contributed by atoms with E-state index in [1.54, 1.807) is 30.3 Å². The zero-order valence-electron chi connectivity index (χ0n) is 11.5. The van der Waals surface area contributed by atoms with E-state index in [1.165, 1.54) is 18.2 Å². The summed E-state index contributed by atoms with van der Waals surface area (Å²) in [5.74, 6) is -1.86. The molecule has 0 aliphatic carbocycles. The van der Waals surface area contributed by atoms with Gasteiger partial charge in [-0.2, -0.15) is 0 Å². The van der Waals surface area contributed by atoms with E-state index in [9.17, 15) is 14.0 Å². The predicted octanol–water partition coefficient (Wildman–Crippen LogP) is 3.17. The van der Waals surface area contributed by atoms with E-state index in [2.05, 4.69) is 4.98 Å². The van der Waals surface area contributed by atoms with E-state index in [4.69, 9.17) is 5.11 Å². The Labute approximate surface area is 125 Å². The molecule has 0 spiro atoms. The molecular weight excluding hydrogens is 285 g/mol. The zero-order chi connectivity index (χ0) is 15.7. The molecule has 0 saturated carbocycles. The van der Waals surface area contributed by atoms with Gasteiger partial charge in [0.1, 0.15) is 5.82 Å². The van der Waals surface area contributed by atoms with Gasteiger partial charge in [0.25, 0.3) is 0 Å². The zero-order valence-corrected chi connectivity index (χ0v) is 11.5. The monoisotopic (exact) mass is 297 g/mol. The van der Waals surface area contributed by atoms with Gasteiger partial charge in [0.15, 0.2) is 0 Å². The minimum absolute atomic E-state index is 0.189. The van der Waals surface area contributed by atoms with Crippen LogP contribution in [-0.2, 0) is 11.2 Å². The number of carboxylic acids is 1. The molecule has 0 bridgehead atoms. The number of aromatic nitrogens is 1. The number of aromatic amines is 1. The summed E-state index contributed by atoms with van der Waals surface area (Å²) in [6, 6.07) is 12.6. The average Bonchev–Trinajstić information content (AvgIpc) is 2.85. The highest BCUT2D eigenvalue weighted by Crippen LogP contribution is 2.26. The van der Waals surface area contributed by atoms with Crippen LogP contribution in [0.5, 0.6) is 0 Å². The summed E-state index contributed by atoms with van der Waals surface area (Å²) < 4.78 is 13.4. The Balaban J connectivity index is 2.20. The number of ketones is 1. The van der Waals surface area contributed by atoms with Crippen LogP contribution in [0.1, 0.15) is 21.6 Å². The molecule has 22 heavy (non-hydrogen) atoms. The number of benzene rings is 2. The first-order chi connectivity index (χ1) is 10.6. The standard InChI is InChI=1S/C17H12FNO3/c18-11-6-7-14-12(8-11)13(9-15(20)21)16(19-14)17(22)10-4-2-1-3-5-10/h1-8,19H,9H2,(H,20,21). The first-order valence-electron chi connectivity index (χ1n) is 6.68. The highest BCUT2D eigenvalue weighted by Gasteiger charge is 2.21. The topological polar surface area (TPSA) is 70.2 Å². The molecule has 0 radical (unpaired) electrons. The lowest BCUT2D eigenvalue weighted by Crippen LogP contribution is -2.08. The number of hydrogen-bond donors (Lipinski definition) is 2. The molecule has 3 aromatic rings. The number of fused-ring (bicyclic) bond motifs is 1. The summed E-state index contributed by atoms with van der Waals surface area (Å²) in [5.41, 5.74) is 1.48. The molecule has 0 aliphatic heterocycles. The van der Waals surface area contributed by atoms with Crippen molar-refractivity contribution in [1.29, 1.82) is 0 Å². The highest BCUT2D eigenvalue weighted by atomic mass is 19.1. The molecular formula is C17H12FNO3. The van der Waals surface area contributed by atoms with Gasteiger partial charge in [0.2, 0.25) is 5.78 Å². The molecule has 4 nitrogen and oxygen atoms in total. The quantitative estimate of drug-likeness (QED) is 0.727. The third-order valence-electron chi connectivity index (χ3n) is 3.46. The fourth-order valence-electron chi connectivity index (χ4n) is 2.48. The predicted molar refractivity (Wildman–Crippen MR) is 79.5 cm³/mol. The van der Waals surface area contributed by atoms with Crippen molar-refractivity contribution < 1.29 is 19.1 Å². The van der Waals surface area contributed by atoms with Crippen LogP contribution in [0.25, 0.3) is 10.9 Å². The maximum Gasteiger partial charge on any atom is 0.307 e. The van der Waals surface area contributed by atoms with E-state index >= 15 is 0 Å². The highest BCUT2D eigenvalue weighted by molar-refractivity contribution is 6.12. The SMILES string of the molecule is O=C(O)Cc1c(C(=O)c2ccccc2)[nH]c2ccc(F)cc12. The van der Waals surface area contributed by atoms with Crippen molar-refractivity contribution in [1.82, 2.24) is 4.98 Å². The van der Waals surface area contributed by atoms with E-state index in [0.29, 0.717) is 22.0 Å². The molecule has 0 amide bonds. The fourth-order valence-corrected chi connectivity index (χ4v) is 2.48. The largest absolute Gasteiger partial charge is 0.481 e. The minimum atomic E-state index is -1.08. The number of nitrogens with one attached hydrogen (secondary N) is 1. The molecule has 0 saturated heterocycles. The first kappa shape index (κ1) is 14.0. The number of carbonyl (C=O) groups excluding carboxylic acids is 1. The molecule has 2 aromatic carbocycles. The summed E-state index contributed by atoms with van der Waals surface area (Å²) in [4.78, 5) is 26.6. The number of H-pyrrole nitrogens is 1. The van der Waals surface area contributed by atoms with Crippen molar-refractivity contribution in [2.45, 2.75) is 6.42 Å². The maximum absolute atomic E-state index is 13.4. The van der Waals surface area contributed by atoms with Crippen molar-refractivity contribution >= 4 is 22.7 Å². The Bertz CT molecular complexity index is 868. The molecule has 0 aliphatic rings. The van der Waals surface area contributed by atoms with Crippen molar-refractivity contribution in [3.63, 3.8) is 0 Å². The second kappa shape index (κ2) is 5.44. The van der Waals surface area contributed by atoms with Gasteiger partial charge >= 0.3 is 5.97 Å². The third kappa shape index (κ3) is 2.48. The van der Waals surface area contributed by atoms with Crippen molar-refractivity contribution in [3.05, 3.63) is 71.2 Å². The van der Waals surface area contributed by atoms with Crippen LogP contribution in [-0.4, -0.2) is 21.8 Å². The summed E-state index contributed by atoms with van der Waals surface area (Å²) in [6.07, 6.45) is -0.350. The van der Waals surface area contributed by atoms with Crippen LogP contribution >= 0.6 is 0 Å². The Morgan fingerprint density at radius 3 is 2.50 bits per heavy atom. The summed E-state index contributed by atoms with van der Waals surface area (Å²) in [6.45, 7) is 0. The van der Waals surface area contributed by atoms with Crippen molar-refractivity contribution in [2.75, 3.05) is 0 Å². The number of carboxylic acid groups (broad SMARTS) is 1. The molecule has 0 atom stereocenters. The number of hydrogen-bond acceptors (Lipinski definition) is 2. The smallest absolute Gasteiger partial charge is 0.307 e. The van der Waals surface area contributed by atoms with E-state index in [-0.39, 0.29) is 17.9 Å². The van der Waals surface area contributed by atoms with Gasteiger partial charge in [-0.15, -0.1) is 0 Å². The maximum atomic E-state index is 13.4. The van der Waals surface area contributed by atoms with Crippen LogP contribution in [0, 0.1) is 5.82 Å². The molecule has 1 heterocycles. The first-order valence-corrected chi connectivity index (χ1v) is 6.68. The Morgan fingerprint density at radius 2 is 1.82 bits per heavy atom. The molecule has 2 N–H and O–H groups in total. The molecule has 0 unspecified atom stereocenters. The van der Waals surface area contributed by atoms with Gasteiger partial charge in [0, 0.05) is 22.0 Å². The van der Waals surface area contributed by atoms with Gasteiger partial charge in [-0.05, 0) is 18.2 Å². The van der Waals surface area contributed by atoms with Crippen molar-refractivity contribution in [3.8, 4) is 0 Å². The second-order valence-electron chi connectivity index (χ2n) is 4.93. The van der Waals surface area contributed by atoms with E-state index < -0.39 is 11.8 Å². The average molecular weight is 297 g/mol. The summed E-state index contributed by atoms with van der Waals surface area (Å²) >= 11 is 0. The Hall–Kier alpha value is -2.95. The normalized spacial score (nSPS) is 10.8. The van der Waals surface area contributed by atoms with Gasteiger partial charge in [-0.3, -0.25) is 9.59 Å². The number of aliphatic carboxylic acids is 1. The Kier molecular flexibility index (Phi) is 3.47. The number of rotatable bonds is 4. The summed E-state index contributed by atoms with van der Waals surface area (Å²) in [7, 11) is 0. The van der Waals surface area contributed by atoms with Gasteiger partial charge in [-0.25, -0.2) is 4.39 Å². The van der Waals surface area contributed by atoms with Crippen LogP contribution < -0.4 is 0 Å². The minimum Gasteiger partial charge on any atom is -0.481 e. The van der Waals surface area contributed by atoms with Crippen LogP contribution in [0.15, 0.2) is 48.5 Å². The third-order valence-corrected chi connectivity index (χ3v) is 3.46. The van der Waals surface area contributed by atoms with Gasteiger partial charge in [0.05, 0.1) is 12.1 Å². The van der Waals surface area contributed by atoms with Crippen LogP contribution in [0.3, 0.4) is 0 Å². The van der Waals surface area contributed by atoms with Gasteiger partial charge < -0.3 is 10.1 Å². The number of carbonyl (C=O) groups is 2. The van der Waals surface area contributed by atoms with Crippen LogP contribution in [0.2, 0.25) is 0 Å². The number of halogens is 1. The lowest BCUT2D eigenvalue weighted by molar-refractivity contribution is -0.136. The fraction of sp³-hybridized carbons (Fsp3) is 0.0588. The molecule has 1 aromatic heterocycles. The molecule has 0 fully saturated rings. The van der Waals surface area contributed by atoms with Crippen LogP contribution in [0.4, 0.5) is 4.39 Å². The van der Waals surface area contributed by atoms with Gasteiger partial charge in [-0.1, -0.05) is 30.3 Å². The van der Waals surface area contributed by atoms with E-state index in [0.717, 1.165) is 0 Å². The van der Waals surface area contributed by atoms with E-state index in [1.807, 2.05) is 0 Å². The summed E-state index contributed by atoms with van der Waals surface area (Å²) in [5, 5.41) is 9.49.